The summed E-state index contributed by atoms with van der Waals surface area (Å²) in [5.74, 6) is -0.872. The van der Waals surface area contributed by atoms with E-state index in [-0.39, 0.29) is 5.91 Å². The Balaban J connectivity index is 2.11. The van der Waals surface area contributed by atoms with Crippen LogP contribution in [0.15, 0.2) is 12.1 Å². The smallest absolute Gasteiger partial charge is 0.311 e. The van der Waals surface area contributed by atoms with Crippen molar-refractivity contribution in [2.75, 3.05) is 13.1 Å². The van der Waals surface area contributed by atoms with E-state index in [0.29, 0.717) is 24.4 Å². The monoisotopic (exact) mass is 253 g/mol. The highest BCUT2D eigenvalue weighted by atomic mass is 32.1. The van der Waals surface area contributed by atoms with Crippen molar-refractivity contribution in [3.05, 3.63) is 21.9 Å². The molecule has 1 atom stereocenters. The molecule has 1 aromatic heterocycles. The van der Waals surface area contributed by atoms with Crippen LogP contribution in [0.25, 0.3) is 0 Å². The Morgan fingerprint density at radius 3 is 2.65 bits per heavy atom. The molecular weight excluding hydrogens is 238 g/mol. The van der Waals surface area contributed by atoms with E-state index < -0.39 is 11.4 Å². The highest BCUT2D eigenvalue weighted by Crippen LogP contribution is 2.31. The number of carbonyl (C=O) groups excluding carboxylic acids is 1. The topological polar surface area (TPSA) is 57.6 Å². The number of carboxylic acids is 1. The van der Waals surface area contributed by atoms with E-state index in [1.54, 1.807) is 17.9 Å². The number of rotatable bonds is 2. The van der Waals surface area contributed by atoms with Gasteiger partial charge in [-0.05, 0) is 32.4 Å². The summed E-state index contributed by atoms with van der Waals surface area (Å²) < 4.78 is 0. The zero-order valence-corrected chi connectivity index (χ0v) is 10.7. The minimum Gasteiger partial charge on any atom is -0.481 e. The largest absolute Gasteiger partial charge is 0.481 e. The van der Waals surface area contributed by atoms with Gasteiger partial charge in [-0.15, -0.1) is 11.3 Å². The molecule has 2 rings (SSSR count). The first-order chi connectivity index (χ1) is 7.92. The Morgan fingerprint density at radius 2 is 2.18 bits per heavy atom. The van der Waals surface area contributed by atoms with Gasteiger partial charge in [0.25, 0.3) is 5.91 Å². The normalized spacial score (nSPS) is 24.0. The molecule has 0 bridgehead atoms. The lowest BCUT2D eigenvalue weighted by Crippen LogP contribution is -2.34. The number of aliphatic carboxylic acids is 1. The Morgan fingerprint density at radius 1 is 1.47 bits per heavy atom. The van der Waals surface area contributed by atoms with Crippen molar-refractivity contribution in [1.29, 1.82) is 0 Å². The molecule has 4 nitrogen and oxygen atoms in total. The highest BCUT2D eigenvalue weighted by Gasteiger charge is 2.42. The van der Waals surface area contributed by atoms with Gasteiger partial charge in [-0.2, -0.15) is 0 Å². The molecule has 92 valence electrons. The molecule has 1 aliphatic rings. The molecule has 0 saturated carbocycles. The molecular formula is C12H15NO3S. The van der Waals surface area contributed by atoms with Crippen molar-refractivity contribution in [1.82, 2.24) is 4.90 Å². The minimum absolute atomic E-state index is 0.0481. The molecule has 0 aromatic carbocycles. The summed E-state index contributed by atoms with van der Waals surface area (Å²) in [5, 5.41) is 9.11. The fourth-order valence-corrected chi connectivity index (χ4v) is 2.85. The zero-order valence-electron chi connectivity index (χ0n) is 9.90. The van der Waals surface area contributed by atoms with Crippen LogP contribution in [-0.4, -0.2) is 35.0 Å². The van der Waals surface area contributed by atoms with Crippen molar-refractivity contribution in [3.63, 3.8) is 0 Å². The van der Waals surface area contributed by atoms with Crippen LogP contribution in [-0.2, 0) is 4.79 Å². The van der Waals surface area contributed by atoms with Crippen LogP contribution < -0.4 is 0 Å². The summed E-state index contributed by atoms with van der Waals surface area (Å²) in [4.78, 5) is 26.6. The van der Waals surface area contributed by atoms with E-state index in [9.17, 15) is 9.59 Å². The first kappa shape index (κ1) is 12.1. The van der Waals surface area contributed by atoms with E-state index in [1.165, 1.54) is 11.3 Å². The second kappa shape index (κ2) is 4.14. The van der Waals surface area contributed by atoms with E-state index >= 15 is 0 Å². The van der Waals surface area contributed by atoms with Gasteiger partial charge in [-0.25, -0.2) is 0 Å². The maximum absolute atomic E-state index is 12.1. The number of nitrogens with zero attached hydrogens (tertiary/aromatic N) is 1. The van der Waals surface area contributed by atoms with E-state index in [4.69, 9.17) is 5.11 Å². The fourth-order valence-electron chi connectivity index (χ4n) is 2.01. The number of amides is 1. The quantitative estimate of drug-likeness (QED) is 0.877. The van der Waals surface area contributed by atoms with Gasteiger partial charge in [0.1, 0.15) is 0 Å². The van der Waals surface area contributed by atoms with Crippen molar-refractivity contribution in [2.24, 2.45) is 5.41 Å². The van der Waals surface area contributed by atoms with Crippen LogP contribution in [0.5, 0.6) is 0 Å². The average molecular weight is 253 g/mol. The summed E-state index contributed by atoms with van der Waals surface area (Å²) >= 11 is 1.45. The van der Waals surface area contributed by atoms with Crippen LogP contribution in [0.3, 0.4) is 0 Å². The molecule has 0 radical (unpaired) electrons. The van der Waals surface area contributed by atoms with Gasteiger partial charge in [0.15, 0.2) is 0 Å². The van der Waals surface area contributed by atoms with Crippen molar-refractivity contribution < 1.29 is 14.7 Å². The summed E-state index contributed by atoms with van der Waals surface area (Å²) in [6, 6.07) is 3.71. The molecule has 1 aromatic rings. The lowest BCUT2D eigenvalue weighted by molar-refractivity contribution is -0.147. The summed E-state index contributed by atoms with van der Waals surface area (Å²) in [6.45, 7) is 4.48. The molecule has 17 heavy (non-hydrogen) atoms. The summed E-state index contributed by atoms with van der Waals surface area (Å²) in [7, 11) is 0. The average Bonchev–Trinajstić information content (AvgIpc) is 2.85. The predicted molar refractivity (Wildman–Crippen MR) is 65.3 cm³/mol. The zero-order chi connectivity index (χ0) is 12.6. The van der Waals surface area contributed by atoms with E-state index in [0.717, 1.165) is 4.88 Å². The number of hydrogen-bond acceptors (Lipinski definition) is 3. The van der Waals surface area contributed by atoms with Crippen LogP contribution in [0.1, 0.15) is 27.9 Å². The second-order valence-corrected chi connectivity index (χ2v) is 6.04. The van der Waals surface area contributed by atoms with Gasteiger partial charge >= 0.3 is 5.97 Å². The van der Waals surface area contributed by atoms with Gasteiger partial charge < -0.3 is 10.0 Å². The second-order valence-electron chi connectivity index (χ2n) is 4.75. The molecule has 1 saturated heterocycles. The van der Waals surface area contributed by atoms with Crippen LogP contribution in [0.4, 0.5) is 0 Å². The third kappa shape index (κ3) is 2.20. The van der Waals surface area contributed by atoms with Gasteiger partial charge in [-0.1, -0.05) is 0 Å². The summed E-state index contributed by atoms with van der Waals surface area (Å²) in [6.07, 6.45) is 0.526. The van der Waals surface area contributed by atoms with Gasteiger partial charge in [-0.3, -0.25) is 9.59 Å². The first-order valence-corrected chi connectivity index (χ1v) is 6.33. The molecule has 1 aliphatic heterocycles. The number of aryl methyl sites for hydroxylation is 1. The number of thiophene rings is 1. The molecule has 1 amide bonds. The Bertz CT molecular complexity index is 468. The van der Waals surface area contributed by atoms with Gasteiger partial charge in [0.05, 0.1) is 10.3 Å². The van der Waals surface area contributed by atoms with Crippen LogP contribution in [0, 0.1) is 12.3 Å². The fraction of sp³-hybridized carbons (Fsp3) is 0.500. The van der Waals surface area contributed by atoms with Gasteiger partial charge in [0, 0.05) is 18.0 Å². The number of carboxylic acid groups (broad SMARTS) is 1. The lowest BCUT2D eigenvalue weighted by Gasteiger charge is -2.19. The predicted octanol–water partition coefficient (Wildman–Crippen LogP) is 1.99. The highest BCUT2D eigenvalue weighted by molar-refractivity contribution is 7.13. The molecule has 0 spiro atoms. The number of hydrogen-bond donors (Lipinski definition) is 1. The molecule has 5 heteroatoms. The molecule has 0 unspecified atom stereocenters. The Kier molecular flexibility index (Phi) is 2.95. The van der Waals surface area contributed by atoms with Crippen molar-refractivity contribution in [3.8, 4) is 0 Å². The minimum atomic E-state index is -0.824. The SMILES string of the molecule is Cc1ccc(C(=O)N2CC[C@](C)(C(=O)O)C2)s1. The van der Waals surface area contributed by atoms with Gasteiger partial charge in [0.2, 0.25) is 0 Å². The molecule has 2 heterocycles. The number of carbonyl (C=O) groups is 2. The van der Waals surface area contributed by atoms with Crippen molar-refractivity contribution in [2.45, 2.75) is 20.3 Å². The van der Waals surface area contributed by atoms with Crippen LogP contribution in [0.2, 0.25) is 0 Å². The Hall–Kier alpha value is -1.36. The standard InChI is InChI=1S/C12H15NO3S/c1-8-3-4-9(17-8)10(14)13-6-5-12(2,7-13)11(15)16/h3-4H,5-7H2,1-2H3,(H,15,16)/t12-/m0/s1. The third-order valence-corrected chi connectivity index (χ3v) is 4.22. The van der Waals surface area contributed by atoms with Crippen LogP contribution >= 0.6 is 11.3 Å². The van der Waals surface area contributed by atoms with E-state index in [2.05, 4.69) is 0 Å². The first-order valence-electron chi connectivity index (χ1n) is 5.51. The molecule has 1 N–H and O–H groups in total. The molecule has 0 aliphatic carbocycles. The number of likely N-dealkylation sites (tertiary alicyclic amines) is 1. The maximum atomic E-state index is 12.1. The van der Waals surface area contributed by atoms with E-state index in [1.807, 2.05) is 13.0 Å². The molecule has 1 fully saturated rings. The lowest BCUT2D eigenvalue weighted by atomic mass is 9.90. The Labute approximate surface area is 104 Å². The summed E-state index contributed by atoms with van der Waals surface area (Å²) in [5.41, 5.74) is -0.790. The van der Waals surface area contributed by atoms with Crippen molar-refractivity contribution >= 4 is 23.2 Å². The third-order valence-electron chi connectivity index (χ3n) is 3.23. The maximum Gasteiger partial charge on any atom is 0.311 e.